The van der Waals surface area contributed by atoms with Gasteiger partial charge in [-0.2, -0.15) is 10.4 Å². The first-order chi connectivity index (χ1) is 14.5. The highest BCUT2D eigenvalue weighted by Crippen LogP contribution is 2.55. The fraction of sp³-hybridized carbons (Fsp3) is 0.500. The van der Waals surface area contributed by atoms with Crippen LogP contribution in [-0.2, 0) is 0 Å². The number of nitrogens with one attached hydrogen (secondary N) is 1. The monoisotopic (exact) mass is 424 g/mol. The van der Waals surface area contributed by atoms with Gasteiger partial charge in [0.25, 0.3) is 5.91 Å². The number of benzene rings is 1. The molecular weight excluding hydrogens is 392 g/mol. The van der Waals surface area contributed by atoms with Crippen LogP contribution < -0.4 is 14.8 Å². The lowest BCUT2D eigenvalue weighted by Crippen LogP contribution is -2.74. The molecule has 0 bridgehead atoms. The predicted octanol–water partition coefficient (Wildman–Crippen LogP) is 4.34. The number of aromatic nitrogens is 2. The number of nitriles is 1. The zero-order valence-electron chi connectivity index (χ0n) is 19.2. The van der Waals surface area contributed by atoms with Gasteiger partial charge in [0.2, 0.25) is 0 Å². The second-order valence-corrected chi connectivity index (χ2v) is 9.52. The van der Waals surface area contributed by atoms with E-state index in [-0.39, 0.29) is 36.2 Å². The van der Waals surface area contributed by atoms with Crippen molar-refractivity contribution in [1.29, 1.82) is 5.26 Å². The standard InChI is InChI=1S/C24H30N4O3.H2/c1-14(2)17-10-11-18(28-27-17)20(29)26-21-23(3,4)22(24(21,5)6)31-16-9-8-15(13-25)19(12-16)30-7;/h8-12,14,21-22H,1-7H3,(H,26,29);1H. The van der Waals surface area contributed by atoms with Crippen LogP contribution in [0.1, 0.15) is 70.6 Å². The summed E-state index contributed by atoms with van der Waals surface area (Å²) >= 11 is 0. The highest BCUT2D eigenvalue weighted by Gasteiger charge is 2.64. The molecule has 1 aromatic carbocycles. The van der Waals surface area contributed by atoms with Crippen molar-refractivity contribution in [3.8, 4) is 17.6 Å². The molecule has 1 aliphatic carbocycles. The highest BCUT2D eigenvalue weighted by molar-refractivity contribution is 5.92. The molecule has 3 rings (SSSR count). The van der Waals surface area contributed by atoms with E-state index in [0.29, 0.717) is 22.8 Å². The number of nitrogens with zero attached hydrogens (tertiary/aromatic N) is 3. The number of carbonyl (C=O) groups is 1. The van der Waals surface area contributed by atoms with Gasteiger partial charge in [0.15, 0.2) is 5.69 Å². The van der Waals surface area contributed by atoms with Gasteiger partial charge in [-0.3, -0.25) is 4.79 Å². The van der Waals surface area contributed by atoms with Gasteiger partial charge in [-0.15, -0.1) is 5.10 Å². The predicted molar refractivity (Wildman–Crippen MR) is 119 cm³/mol. The van der Waals surface area contributed by atoms with Gasteiger partial charge in [0, 0.05) is 24.4 Å². The van der Waals surface area contributed by atoms with Crippen LogP contribution in [-0.4, -0.2) is 35.4 Å². The number of carbonyl (C=O) groups excluding carboxylic acids is 1. The van der Waals surface area contributed by atoms with E-state index in [2.05, 4.69) is 49.3 Å². The first kappa shape index (κ1) is 22.5. The number of ether oxygens (including phenoxy) is 2. The first-order valence-electron chi connectivity index (χ1n) is 10.4. The van der Waals surface area contributed by atoms with Gasteiger partial charge in [0.1, 0.15) is 23.7 Å². The van der Waals surface area contributed by atoms with Crippen LogP contribution in [0.2, 0.25) is 0 Å². The molecule has 1 saturated carbocycles. The van der Waals surface area contributed by atoms with Gasteiger partial charge in [-0.25, -0.2) is 0 Å². The van der Waals surface area contributed by atoms with E-state index in [0.717, 1.165) is 5.69 Å². The lowest BCUT2D eigenvalue weighted by molar-refractivity contribution is -0.164. The fourth-order valence-corrected chi connectivity index (χ4v) is 4.75. The summed E-state index contributed by atoms with van der Waals surface area (Å²) in [5.41, 5.74) is 0.957. The summed E-state index contributed by atoms with van der Waals surface area (Å²) in [5.74, 6) is 1.12. The smallest absolute Gasteiger partial charge is 0.272 e. The Morgan fingerprint density at radius 1 is 1.16 bits per heavy atom. The van der Waals surface area contributed by atoms with Crippen LogP contribution in [0.4, 0.5) is 0 Å². The summed E-state index contributed by atoms with van der Waals surface area (Å²) in [7, 11) is 1.53. The maximum Gasteiger partial charge on any atom is 0.272 e. The molecule has 1 amide bonds. The minimum atomic E-state index is -0.328. The van der Waals surface area contributed by atoms with Crippen molar-refractivity contribution in [2.75, 3.05) is 7.11 Å². The van der Waals surface area contributed by atoms with E-state index >= 15 is 0 Å². The van der Waals surface area contributed by atoms with Crippen LogP contribution in [0, 0.1) is 22.2 Å². The van der Waals surface area contributed by atoms with E-state index in [1.807, 2.05) is 19.9 Å². The molecule has 7 heteroatoms. The summed E-state index contributed by atoms with van der Waals surface area (Å²) in [6.45, 7) is 12.4. The molecular formula is C24H32N4O3. The normalized spacial score (nSPS) is 21.0. The van der Waals surface area contributed by atoms with Crippen molar-refractivity contribution in [2.45, 2.75) is 59.6 Å². The average molecular weight is 425 g/mol. The van der Waals surface area contributed by atoms with Gasteiger partial charge in [0.05, 0.1) is 18.4 Å². The Hall–Kier alpha value is -3.14. The van der Waals surface area contributed by atoms with Gasteiger partial charge >= 0.3 is 0 Å². The third-order valence-corrected chi connectivity index (χ3v) is 6.17. The number of rotatable bonds is 6. The van der Waals surface area contributed by atoms with Crippen molar-refractivity contribution in [2.24, 2.45) is 10.8 Å². The first-order valence-corrected chi connectivity index (χ1v) is 10.4. The van der Waals surface area contributed by atoms with E-state index < -0.39 is 0 Å². The minimum absolute atomic E-state index is 0. The van der Waals surface area contributed by atoms with Gasteiger partial charge < -0.3 is 14.8 Å². The van der Waals surface area contributed by atoms with Crippen LogP contribution in [0.15, 0.2) is 30.3 Å². The van der Waals surface area contributed by atoms with E-state index in [4.69, 9.17) is 9.47 Å². The van der Waals surface area contributed by atoms with Crippen LogP contribution in [0.25, 0.3) is 0 Å². The third kappa shape index (κ3) is 4.07. The van der Waals surface area contributed by atoms with Crippen molar-refractivity contribution in [3.05, 3.63) is 47.3 Å². The summed E-state index contributed by atoms with van der Waals surface area (Å²) in [6.07, 6.45) is -0.155. The van der Waals surface area contributed by atoms with Crippen molar-refractivity contribution in [3.63, 3.8) is 0 Å². The summed E-state index contributed by atoms with van der Waals surface area (Å²) in [6, 6.07) is 10.7. The van der Waals surface area contributed by atoms with Crippen LogP contribution in [0.5, 0.6) is 11.5 Å². The Morgan fingerprint density at radius 3 is 2.35 bits per heavy atom. The molecule has 7 nitrogen and oxygen atoms in total. The molecule has 1 fully saturated rings. The second kappa shape index (κ2) is 8.18. The molecule has 166 valence electrons. The summed E-state index contributed by atoms with van der Waals surface area (Å²) < 4.78 is 11.6. The average Bonchev–Trinajstić information content (AvgIpc) is 2.74. The molecule has 0 saturated heterocycles. The van der Waals surface area contributed by atoms with E-state index in [1.54, 1.807) is 24.3 Å². The van der Waals surface area contributed by atoms with Gasteiger partial charge in [-0.1, -0.05) is 41.5 Å². The largest absolute Gasteiger partial charge is 0.495 e. The maximum absolute atomic E-state index is 12.8. The van der Waals surface area contributed by atoms with Crippen molar-refractivity contribution < 1.29 is 15.7 Å². The maximum atomic E-state index is 12.8. The van der Waals surface area contributed by atoms with Gasteiger partial charge in [-0.05, 0) is 30.2 Å². The Bertz CT molecular complexity index is 997. The molecule has 2 aromatic rings. The topological polar surface area (TPSA) is 97.1 Å². The molecule has 0 atom stereocenters. The number of hydrogen-bond donors (Lipinski definition) is 1. The Morgan fingerprint density at radius 2 is 1.84 bits per heavy atom. The number of hydrogen-bond acceptors (Lipinski definition) is 6. The highest BCUT2D eigenvalue weighted by atomic mass is 16.5. The SMILES string of the molecule is COc1cc(OC2C(C)(C)C(NC(=O)c3ccc(C(C)C)nn3)C2(C)C)ccc1C#N.[HH]. The Balaban J connectivity index is 0.00000363. The van der Waals surface area contributed by atoms with E-state index in [1.165, 1.54) is 7.11 Å². The van der Waals surface area contributed by atoms with Crippen LogP contribution in [0.3, 0.4) is 0 Å². The van der Waals surface area contributed by atoms with Crippen molar-refractivity contribution in [1.82, 2.24) is 15.5 Å². The molecule has 1 aliphatic rings. The minimum Gasteiger partial charge on any atom is -0.495 e. The zero-order chi connectivity index (χ0) is 23.0. The zero-order valence-corrected chi connectivity index (χ0v) is 19.2. The fourth-order valence-electron chi connectivity index (χ4n) is 4.75. The number of methoxy groups -OCH3 is 1. The summed E-state index contributed by atoms with van der Waals surface area (Å²) in [4.78, 5) is 12.8. The molecule has 0 unspecified atom stereocenters. The Kier molecular flexibility index (Phi) is 5.95. The van der Waals surface area contributed by atoms with Crippen LogP contribution >= 0.6 is 0 Å². The molecule has 0 spiro atoms. The molecule has 31 heavy (non-hydrogen) atoms. The molecule has 0 radical (unpaired) electrons. The number of amides is 1. The quantitative estimate of drug-likeness (QED) is 0.741. The summed E-state index contributed by atoms with van der Waals surface area (Å²) in [5, 5.41) is 20.6. The lowest BCUT2D eigenvalue weighted by Gasteiger charge is -2.63. The second-order valence-electron chi connectivity index (χ2n) is 9.52. The lowest BCUT2D eigenvalue weighted by atomic mass is 9.49. The Labute approximate surface area is 185 Å². The third-order valence-electron chi connectivity index (χ3n) is 6.17. The molecule has 1 N–H and O–H groups in total. The van der Waals surface area contributed by atoms with Crippen molar-refractivity contribution >= 4 is 5.91 Å². The molecule has 1 heterocycles. The molecule has 0 aliphatic heterocycles. The van der Waals surface area contributed by atoms with E-state index in [9.17, 15) is 10.1 Å². The molecule has 1 aromatic heterocycles.